The van der Waals surface area contributed by atoms with Gasteiger partial charge in [-0.05, 0) is 12.8 Å². The summed E-state index contributed by atoms with van der Waals surface area (Å²) in [5, 5.41) is 2.71. The van der Waals surface area contributed by atoms with Gasteiger partial charge in [-0.2, -0.15) is 0 Å². The second-order valence-electron chi connectivity index (χ2n) is 5.52. The summed E-state index contributed by atoms with van der Waals surface area (Å²) >= 11 is 0. The molecule has 0 heterocycles. The van der Waals surface area contributed by atoms with Crippen molar-refractivity contribution < 1.29 is 23.8 Å². The molecule has 0 aromatic heterocycles. The Hall–Kier alpha value is -2.44. The number of carbonyl (C=O) groups is 2. The maximum atomic E-state index is 12.3. The Morgan fingerprint density at radius 1 is 0.960 bits per heavy atom. The standard InChI is InChI=1S/C18H28N2O5/c1-6-8-20(9-7-2)17(22)12-16(21)19-13-10-14(23-3)18(25-5)15(11-13)24-4/h10-11H,6-9,12H2,1-5H3,(H,19,21). The van der Waals surface area contributed by atoms with Gasteiger partial charge >= 0.3 is 0 Å². The summed E-state index contributed by atoms with van der Waals surface area (Å²) in [5.41, 5.74) is 0.477. The molecule has 1 N–H and O–H groups in total. The molecule has 0 saturated heterocycles. The number of carbonyl (C=O) groups excluding carboxylic acids is 2. The highest BCUT2D eigenvalue weighted by Gasteiger charge is 2.18. The van der Waals surface area contributed by atoms with Crippen LogP contribution in [0.1, 0.15) is 33.1 Å². The first kappa shape index (κ1) is 20.6. The van der Waals surface area contributed by atoms with E-state index in [2.05, 4.69) is 5.32 Å². The van der Waals surface area contributed by atoms with E-state index in [9.17, 15) is 9.59 Å². The van der Waals surface area contributed by atoms with E-state index >= 15 is 0 Å². The molecule has 25 heavy (non-hydrogen) atoms. The Bertz CT molecular complexity index is 558. The molecular weight excluding hydrogens is 324 g/mol. The number of anilines is 1. The molecule has 7 heteroatoms. The number of nitrogens with zero attached hydrogens (tertiary/aromatic N) is 1. The zero-order valence-corrected chi connectivity index (χ0v) is 15.7. The smallest absolute Gasteiger partial charge is 0.233 e. The summed E-state index contributed by atoms with van der Waals surface area (Å²) in [6.45, 7) is 5.33. The first-order valence-corrected chi connectivity index (χ1v) is 8.38. The Morgan fingerprint density at radius 2 is 1.48 bits per heavy atom. The summed E-state index contributed by atoms with van der Waals surface area (Å²) in [7, 11) is 4.51. The monoisotopic (exact) mass is 352 g/mol. The number of rotatable bonds is 10. The summed E-state index contributed by atoms with van der Waals surface area (Å²) < 4.78 is 15.7. The lowest BCUT2D eigenvalue weighted by atomic mass is 10.2. The van der Waals surface area contributed by atoms with E-state index in [0.717, 1.165) is 12.8 Å². The highest BCUT2D eigenvalue weighted by atomic mass is 16.5. The van der Waals surface area contributed by atoms with Crippen molar-refractivity contribution in [3.8, 4) is 17.2 Å². The predicted octanol–water partition coefficient (Wildman–Crippen LogP) is 2.69. The van der Waals surface area contributed by atoms with Crippen molar-refractivity contribution in [2.24, 2.45) is 0 Å². The maximum Gasteiger partial charge on any atom is 0.233 e. The molecule has 0 fully saturated rings. The minimum atomic E-state index is -0.378. The van der Waals surface area contributed by atoms with Crippen LogP contribution >= 0.6 is 0 Å². The van der Waals surface area contributed by atoms with Crippen LogP contribution in [0.4, 0.5) is 5.69 Å². The minimum Gasteiger partial charge on any atom is -0.493 e. The average Bonchev–Trinajstić information content (AvgIpc) is 2.60. The Labute approximate surface area is 149 Å². The number of benzene rings is 1. The van der Waals surface area contributed by atoms with Crippen molar-refractivity contribution in [1.29, 1.82) is 0 Å². The molecule has 1 rings (SSSR count). The maximum absolute atomic E-state index is 12.3. The lowest BCUT2D eigenvalue weighted by Gasteiger charge is -2.21. The molecule has 0 aliphatic carbocycles. The van der Waals surface area contributed by atoms with Gasteiger partial charge in [0.2, 0.25) is 17.6 Å². The number of hydrogen-bond acceptors (Lipinski definition) is 5. The van der Waals surface area contributed by atoms with E-state index < -0.39 is 0 Å². The first-order chi connectivity index (χ1) is 12.0. The van der Waals surface area contributed by atoms with Crippen LogP contribution in [0, 0.1) is 0 Å². The van der Waals surface area contributed by atoms with Gasteiger partial charge in [-0.15, -0.1) is 0 Å². The fraction of sp³-hybridized carbons (Fsp3) is 0.556. The number of amides is 2. The van der Waals surface area contributed by atoms with Crippen LogP contribution in [0.2, 0.25) is 0 Å². The quantitative estimate of drug-likeness (QED) is 0.655. The molecule has 0 bridgehead atoms. The molecule has 0 spiro atoms. The zero-order chi connectivity index (χ0) is 18.8. The number of hydrogen-bond donors (Lipinski definition) is 1. The van der Waals surface area contributed by atoms with Gasteiger partial charge in [0.05, 0.1) is 21.3 Å². The Balaban J connectivity index is 2.84. The minimum absolute atomic E-state index is 0.173. The second kappa shape index (κ2) is 10.4. The van der Waals surface area contributed by atoms with Gasteiger partial charge in [-0.25, -0.2) is 0 Å². The third-order valence-electron chi connectivity index (χ3n) is 3.60. The third kappa shape index (κ3) is 5.85. The fourth-order valence-corrected chi connectivity index (χ4v) is 2.51. The molecule has 0 unspecified atom stereocenters. The molecule has 2 amide bonds. The molecule has 7 nitrogen and oxygen atoms in total. The summed E-state index contributed by atoms with van der Waals surface area (Å²) in [6, 6.07) is 3.25. The van der Waals surface area contributed by atoms with Crippen molar-refractivity contribution >= 4 is 17.5 Å². The van der Waals surface area contributed by atoms with Crippen molar-refractivity contribution in [3.05, 3.63) is 12.1 Å². The Kier molecular flexibility index (Phi) is 8.60. The van der Waals surface area contributed by atoms with Gasteiger partial charge in [0.25, 0.3) is 0 Å². The highest BCUT2D eigenvalue weighted by molar-refractivity contribution is 6.03. The second-order valence-corrected chi connectivity index (χ2v) is 5.52. The van der Waals surface area contributed by atoms with Gasteiger partial charge in [0.1, 0.15) is 6.42 Å². The third-order valence-corrected chi connectivity index (χ3v) is 3.60. The molecule has 0 aliphatic rings. The van der Waals surface area contributed by atoms with Crippen LogP contribution < -0.4 is 19.5 Å². The number of nitrogens with one attached hydrogen (secondary N) is 1. The van der Waals surface area contributed by atoms with E-state index in [4.69, 9.17) is 14.2 Å². The van der Waals surface area contributed by atoms with Crippen molar-refractivity contribution in [2.75, 3.05) is 39.7 Å². The van der Waals surface area contributed by atoms with Crippen LogP contribution in [0.25, 0.3) is 0 Å². The van der Waals surface area contributed by atoms with E-state index in [1.165, 1.54) is 21.3 Å². The predicted molar refractivity (Wildman–Crippen MR) is 96.5 cm³/mol. The molecule has 1 aromatic carbocycles. The van der Waals surface area contributed by atoms with Crippen LogP contribution in [0.3, 0.4) is 0 Å². The molecular formula is C18H28N2O5. The normalized spacial score (nSPS) is 10.1. The van der Waals surface area contributed by atoms with Crippen molar-refractivity contribution in [1.82, 2.24) is 4.90 Å². The molecule has 0 radical (unpaired) electrons. The van der Waals surface area contributed by atoms with E-state index in [1.54, 1.807) is 17.0 Å². The number of methoxy groups -OCH3 is 3. The van der Waals surface area contributed by atoms with Gasteiger partial charge < -0.3 is 24.4 Å². The van der Waals surface area contributed by atoms with E-state index in [-0.39, 0.29) is 18.2 Å². The average molecular weight is 352 g/mol. The van der Waals surface area contributed by atoms with Gasteiger partial charge in [-0.3, -0.25) is 9.59 Å². The van der Waals surface area contributed by atoms with Crippen LogP contribution in [-0.4, -0.2) is 51.1 Å². The largest absolute Gasteiger partial charge is 0.493 e. The van der Waals surface area contributed by atoms with E-state index in [1.807, 2.05) is 13.8 Å². The van der Waals surface area contributed by atoms with Gasteiger partial charge in [0.15, 0.2) is 11.5 Å². The lowest BCUT2D eigenvalue weighted by molar-refractivity contribution is -0.134. The van der Waals surface area contributed by atoms with Crippen LogP contribution in [0.5, 0.6) is 17.2 Å². The SMILES string of the molecule is CCCN(CCC)C(=O)CC(=O)Nc1cc(OC)c(OC)c(OC)c1. The molecule has 0 saturated carbocycles. The topological polar surface area (TPSA) is 77.1 Å². The lowest BCUT2D eigenvalue weighted by Crippen LogP contribution is -2.35. The molecule has 0 aliphatic heterocycles. The first-order valence-electron chi connectivity index (χ1n) is 8.38. The van der Waals surface area contributed by atoms with Gasteiger partial charge in [0, 0.05) is 30.9 Å². The highest BCUT2D eigenvalue weighted by Crippen LogP contribution is 2.39. The van der Waals surface area contributed by atoms with Crippen LogP contribution in [0.15, 0.2) is 12.1 Å². The summed E-state index contributed by atoms with van der Waals surface area (Å²) in [5.74, 6) is 0.755. The summed E-state index contributed by atoms with van der Waals surface area (Å²) in [6.07, 6.45) is 1.52. The summed E-state index contributed by atoms with van der Waals surface area (Å²) in [4.78, 5) is 26.2. The van der Waals surface area contributed by atoms with E-state index in [0.29, 0.717) is 36.0 Å². The molecule has 140 valence electrons. The Morgan fingerprint density at radius 3 is 1.88 bits per heavy atom. The number of ether oxygens (including phenoxy) is 3. The van der Waals surface area contributed by atoms with Gasteiger partial charge in [-0.1, -0.05) is 13.8 Å². The molecule has 1 aromatic rings. The molecule has 0 atom stereocenters. The van der Waals surface area contributed by atoms with Crippen molar-refractivity contribution in [3.63, 3.8) is 0 Å². The zero-order valence-electron chi connectivity index (χ0n) is 15.7. The van der Waals surface area contributed by atoms with Crippen molar-refractivity contribution in [2.45, 2.75) is 33.1 Å². The fourth-order valence-electron chi connectivity index (χ4n) is 2.51. The van der Waals surface area contributed by atoms with Crippen LogP contribution in [-0.2, 0) is 9.59 Å².